The number of rotatable bonds is 11. The van der Waals surface area contributed by atoms with Gasteiger partial charge in [-0.3, -0.25) is 0 Å². The van der Waals surface area contributed by atoms with E-state index in [2.05, 4.69) is 321 Å². The van der Waals surface area contributed by atoms with E-state index < -0.39 is 0 Å². The highest BCUT2D eigenvalue weighted by atomic mass is 15.2. The lowest BCUT2D eigenvalue weighted by atomic mass is 9.34. The summed E-state index contributed by atoms with van der Waals surface area (Å²) in [6.45, 7) is 13.4. The first-order chi connectivity index (χ1) is 38.6. The van der Waals surface area contributed by atoms with E-state index in [4.69, 9.17) is 0 Å². The smallest absolute Gasteiger partial charge is 0.249 e. The van der Waals surface area contributed by atoms with Gasteiger partial charge < -0.3 is 24.2 Å². The minimum absolute atomic E-state index is 0.0700. The van der Waals surface area contributed by atoms with Gasteiger partial charge in [-0.05, 0) is 178 Å². The van der Waals surface area contributed by atoms with E-state index in [-0.39, 0.29) is 6.71 Å². The molecule has 382 valence electrons. The molecule has 0 fully saturated rings. The summed E-state index contributed by atoms with van der Waals surface area (Å²) in [6, 6.07) is 91.6. The number of hydrogen-bond donors (Lipinski definition) is 0. The molecule has 1 aliphatic rings. The molecule has 12 aromatic rings. The number of nitrogens with zero attached hydrogens (tertiary/aromatic N) is 5. The van der Waals surface area contributed by atoms with Crippen LogP contribution in [-0.2, 0) is 0 Å². The number of para-hydroxylation sites is 5. The first-order valence-corrected chi connectivity index (χ1v) is 27.5. The summed E-state index contributed by atoms with van der Waals surface area (Å²) >= 11 is 0. The quantitative estimate of drug-likeness (QED) is 0.120. The Morgan fingerprint density at radius 2 is 0.785 bits per heavy atom. The van der Waals surface area contributed by atoms with Crippen molar-refractivity contribution in [2.45, 2.75) is 41.5 Å². The highest BCUT2D eigenvalue weighted by Gasteiger charge is 2.40. The monoisotopic (exact) mass is 1020 g/mol. The number of benzene rings is 11. The lowest BCUT2D eigenvalue weighted by molar-refractivity contribution is 1.12. The van der Waals surface area contributed by atoms with Crippen molar-refractivity contribution in [2.75, 3.05) is 26.6 Å². The summed E-state index contributed by atoms with van der Waals surface area (Å²) < 4.78 is 2.53. The van der Waals surface area contributed by atoms with Crippen molar-refractivity contribution in [3.05, 3.63) is 282 Å². The molecular formula is C73H62BN5. The molecule has 0 N–H and O–H groups in total. The van der Waals surface area contributed by atoms with E-state index in [0.717, 1.165) is 73.0 Å². The van der Waals surface area contributed by atoms with Crippen LogP contribution in [0.25, 0.3) is 27.5 Å². The molecule has 1 aromatic heterocycles. The number of aromatic nitrogens is 1. The number of aryl methyl sites for hydroxylation is 6. The van der Waals surface area contributed by atoms with Gasteiger partial charge in [0, 0.05) is 74.7 Å². The zero-order chi connectivity index (χ0) is 53.9. The Morgan fingerprint density at radius 3 is 1.25 bits per heavy atom. The minimum atomic E-state index is -0.0700. The third kappa shape index (κ3) is 8.61. The molecule has 0 saturated carbocycles. The van der Waals surface area contributed by atoms with Gasteiger partial charge in [0.2, 0.25) is 6.71 Å². The molecule has 0 bridgehead atoms. The van der Waals surface area contributed by atoms with E-state index >= 15 is 0 Å². The average molecular weight is 1020 g/mol. The van der Waals surface area contributed by atoms with Crippen LogP contribution in [0.4, 0.5) is 62.6 Å². The van der Waals surface area contributed by atoms with Crippen LogP contribution in [0, 0.1) is 41.5 Å². The molecule has 6 heteroatoms. The van der Waals surface area contributed by atoms with E-state index in [1.54, 1.807) is 0 Å². The van der Waals surface area contributed by atoms with Crippen LogP contribution in [0.1, 0.15) is 33.4 Å². The molecule has 0 spiro atoms. The lowest BCUT2D eigenvalue weighted by Gasteiger charge is -2.41. The molecule has 2 heterocycles. The molecule has 5 nitrogen and oxygen atoms in total. The highest BCUT2D eigenvalue weighted by Crippen LogP contribution is 2.47. The molecule has 0 atom stereocenters. The van der Waals surface area contributed by atoms with E-state index in [1.807, 2.05) is 0 Å². The number of anilines is 11. The summed E-state index contributed by atoms with van der Waals surface area (Å²) in [5, 5.41) is 2.31. The topological polar surface area (TPSA) is 17.9 Å². The van der Waals surface area contributed by atoms with Gasteiger partial charge in [0.15, 0.2) is 0 Å². The van der Waals surface area contributed by atoms with Crippen LogP contribution >= 0.6 is 0 Å². The third-order valence-corrected chi connectivity index (χ3v) is 16.0. The molecule has 0 saturated heterocycles. The van der Waals surface area contributed by atoms with Crippen LogP contribution in [0.15, 0.2) is 249 Å². The van der Waals surface area contributed by atoms with Gasteiger partial charge in [0.05, 0.1) is 22.4 Å². The van der Waals surface area contributed by atoms with Gasteiger partial charge in [-0.1, -0.05) is 162 Å². The molecule has 79 heavy (non-hydrogen) atoms. The molecular weight excluding hydrogens is 958 g/mol. The molecule has 0 unspecified atom stereocenters. The van der Waals surface area contributed by atoms with Gasteiger partial charge in [0.25, 0.3) is 0 Å². The van der Waals surface area contributed by atoms with Gasteiger partial charge in [0.1, 0.15) is 0 Å². The minimum Gasteiger partial charge on any atom is -0.344 e. The number of fused-ring (bicyclic) bond motifs is 5. The van der Waals surface area contributed by atoms with Crippen molar-refractivity contribution < 1.29 is 0 Å². The lowest BCUT2D eigenvalue weighted by Crippen LogP contribution is -2.58. The van der Waals surface area contributed by atoms with Gasteiger partial charge in [-0.25, -0.2) is 0 Å². The normalized spacial score (nSPS) is 11.9. The molecule has 0 radical (unpaired) electrons. The van der Waals surface area contributed by atoms with E-state index in [9.17, 15) is 0 Å². The molecule has 13 rings (SSSR count). The standard InChI is InChI=1S/C73H62BN5/c1-49-41-51(3)72(52(4)42-49)75(7)69-47-62(48-70-71(69)74(55-25-13-8-14-26-55)65-35-23-24-36-68(65)79(70)73-53(5)43-50(2)44-54(73)6)78-66-39-37-60(76(56-27-15-9-16-28-56)57-29-17-10-18-30-57)45-63(66)64-46-61(38-40-67(64)78)77(58-31-19-11-20-32-58)59-33-21-12-22-34-59/h8-48H,1-7H3. The van der Waals surface area contributed by atoms with Crippen molar-refractivity contribution >= 4 is 107 Å². The van der Waals surface area contributed by atoms with Crippen LogP contribution in [0.3, 0.4) is 0 Å². The zero-order valence-corrected chi connectivity index (χ0v) is 46.0. The SMILES string of the molecule is Cc1cc(C)c(N(C)c2cc(-n3c4ccc(N(c5ccccc5)c5ccccc5)cc4c4cc(N(c5ccccc5)c5ccccc5)ccc43)cc3c2B(c2ccccc2)c2ccccc2N3c2c(C)cc(C)cc2C)c(C)c1. The Morgan fingerprint density at radius 1 is 0.367 bits per heavy atom. The average Bonchev–Trinajstić information content (AvgIpc) is 4.04. The zero-order valence-electron chi connectivity index (χ0n) is 46.0. The maximum atomic E-state index is 2.59. The number of hydrogen-bond acceptors (Lipinski definition) is 4. The van der Waals surface area contributed by atoms with Gasteiger partial charge in [-0.2, -0.15) is 0 Å². The van der Waals surface area contributed by atoms with Gasteiger partial charge in [-0.15, -0.1) is 0 Å². The Labute approximate surface area is 465 Å². The second-order valence-electron chi connectivity index (χ2n) is 21.4. The summed E-state index contributed by atoms with van der Waals surface area (Å²) in [5.74, 6) is 0. The largest absolute Gasteiger partial charge is 0.344 e. The molecule has 1 aliphatic heterocycles. The van der Waals surface area contributed by atoms with Crippen LogP contribution in [0.5, 0.6) is 0 Å². The summed E-state index contributed by atoms with van der Waals surface area (Å²) in [4.78, 5) is 9.82. The van der Waals surface area contributed by atoms with Crippen molar-refractivity contribution in [1.29, 1.82) is 0 Å². The van der Waals surface area contributed by atoms with Crippen LogP contribution in [-0.4, -0.2) is 18.3 Å². The predicted octanol–water partition coefficient (Wildman–Crippen LogP) is 17.6. The van der Waals surface area contributed by atoms with Crippen LogP contribution in [0.2, 0.25) is 0 Å². The summed E-state index contributed by atoms with van der Waals surface area (Å²) in [7, 11) is 2.28. The third-order valence-electron chi connectivity index (χ3n) is 16.0. The fraction of sp³-hybridized carbons (Fsp3) is 0.0959. The van der Waals surface area contributed by atoms with Crippen molar-refractivity contribution in [3.63, 3.8) is 0 Å². The Bertz CT molecular complexity index is 3970. The fourth-order valence-corrected chi connectivity index (χ4v) is 13.1. The Hall–Kier alpha value is -9.52. The Balaban J connectivity index is 1.15. The first-order valence-electron chi connectivity index (χ1n) is 27.5. The molecule has 0 aliphatic carbocycles. The summed E-state index contributed by atoms with van der Waals surface area (Å²) in [5.41, 5.74) is 27.0. The van der Waals surface area contributed by atoms with Crippen molar-refractivity contribution in [1.82, 2.24) is 4.57 Å². The Kier molecular flexibility index (Phi) is 12.5. The van der Waals surface area contributed by atoms with Crippen molar-refractivity contribution in [2.24, 2.45) is 0 Å². The van der Waals surface area contributed by atoms with Crippen molar-refractivity contribution in [3.8, 4) is 5.69 Å². The van der Waals surface area contributed by atoms with E-state index in [1.165, 1.54) is 66.8 Å². The second-order valence-corrected chi connectivity index (χ2v) is 21.4. The van der Waals surface area contributed by atoms with Crippen LogP contribution < -0.4 is 36.0 Å². The predicted molar refractivity (Wildman–Crippen MR) is 339 cm³/mol. The summed E-state index contributed by atoms with van der Waals surface area (Å²) in [6.07, 6.45) is 0. The first kappa shape index (κ1) is 49.1. The van der Waals surface area contributed by atoms with E-state index in [0.29, 0.717) is 0 Å². The fourth-order valence-electron chi connectivity index (χ4n) is 13.1. The highest BCUT2D eigenvalue weighted by molar-refractivity contribution is 6.99. The molecule has 11 aromatic carbocycles. The maximum Gasteiger partial charge on any atom is 0.249 e. The maximum absolute atomic E-state index is 2.59. The second kappa shape index (κ2) is 20.1. The molecule has 0 amide bonds. The van der Waals surface area contributed by atoms with Gasteiger partial charge >= 0.3 is 0 Å².